The summed E-state index contributed by atoms with van der Waals surface area (Å²) in [6.45, 7) is 6.29. The third kappa shape index (κ3) is 1.98. The molecule has 0 unspecified atom stereocenters. The minimum atomic E-state index is 0.494. The quantitative estimate of drug-likeness (QED) is 0.642. The Bertz CT molecular complexity index is 269. The largest absolute Gasteiger partial charge is 0.258 e. The van der Waals surface area contributed by atoms with Crippen molar-refractivity contribution in [2.45, 2.75) is 32.6 Å². The molecule has 2 heteroatoms. The molecular formula is C10H14ClN. The molecule has 0 saturated heterocycles. The molecular weight excluding hydrogens is 170 g/mol. The number of aromatic nitrogens is 1. The second-order valence-electron chi connectivity index (χ2n) is 3.27. The Hall–Kier alpha value is -0.560. The lowest BCUT2D eigenvalue weighted by atomic mass is 10.1. The zero-order chi connectivity index (χ0) is 9.14. The third-order valence-corrected chi connectivity index (χ3v) is 2.24. The fraction of sp³-hybridized carbons (Fsp3) is 0.500. The maximum Gasteiger partial charge on any atom is 0.0492 e. The molecule has 66 valence electrons. The van der Waals surface area contributed by atoms with Crippen molar-refractivity contribution in [3.63, 3.8) is 0 Å². The van der Waals surface area contributed by atoms with Gasteiger partial charge in [0.25, 0.3) is 0 Å². The molecule has 0 aliphatic heterocycles. The van der Waals surface area contributed by atoms with E-state index in [1.807, 2.05) is 6.92 Å². The molecule has 0 spiro atoms. The molecule has 0 atom stereocenters. The summed E-state index contributed by atoms with van der Waals surface area (Å²) in [5.74, 6) is 1.05. The number of rotatable bonds is 2. The number of halogens is 1. The molecule has 1 aromatic heterocycles. The summed E-state index contributed by atoms with van der Waals surface area (Å²) in [5.41, 5.74) is 3.32. The molecule has 12 heavy (non-hydrogen) atoms. The average Bonchev–Trinajstić information content (AvgIpc) is 2.04. The highest BCUT2D eigenvalue weighted by Crippen LogP contribution is 2.15. The zero-order valence-electron chi connectivity index (χ0n) is 7.76. The van der Waals surface area contributed by atoms with Gasteiger partial charge >= 0.3 is 0 Å². The molecule has 0 saturated carbocycles. The summed E-state index contributed by atoms with van der Waals surface area (Å²) < 4.78 is 0. The Morgan fingerprint density at radius 2 is 2.08 bits per heavy atom. The van der Waals surface area contributed by atoms with E-state index in [1.165, 1.54) is 0 Å². The lowest BCUT2D eigenvalue weighted by Gasteiger charge is -2.07. The van der Waals surface area contributed by atoms with E-state index in [9.17, 15) is 0 Å². The van der Waals surface area contributed by atoms with E-state index in [0.717, 1.165) is 17.0 Å². The minimum absolute atomic E-state index is 0.494. The van der Waals surface area contributed by atoms with Gasteiger partial charge in [-0.25, -0.2) is 0 Å². The molecule has 1 nitrogen and oxygen atoms in total. The SMILES string of the molecule is Cc1nc(C(C)C)ccc1CCl. The first kappa shape index (κ1) is 9.53. The van der Waals surface area contributed by atoms with Crippen LogP contribution in [-0.4, -0.2) is 4.98 Å². The lowest BCUT2D eigenvalue weighted by Crippen LogP contribution is -1.97. The van der Waals surface area contributed by atoms with Crippen LogP contribution in [0.2, 0.25) is 0 Å². The van der Waals surface area contributed by atoms with Crippen molar-refractivity contribution < 1.29 is 0 Å². The average molecular weight is 184 g/mol. The van der Waals surface area contributed by atoms with E-state index < -0.39 is 0 Å². The molecule has 0 N–H and O–H groups in total. The molecule has 0 aliphatic rings. The van der Waals surface area contributed by atoms with Gasteiger partial charge in [-0.15, -0.1) is 11.6 Å². The molecule has 0 fully saturated rings. The topological polar surface area (TPSA) is 12.9 Å². The normalized spacial score (nSPS) is 10.8. The van der Waals surface area contributed by atoms with Gasteiger partial charge < -0.3 is 0 Å². The molecule has 0 bridgehead atoms. The molecule has 1 rings (SSSR count). The van der Waals surface area contributed by atoms with Crippen LogP contribution in [0.25, 0.3) is 0 Å². The molecule has 0 amide bonds. The third-order valence-electron chi connectivity index (χ3n) is 1.95. The maximum absolute atomic E-state index is 5.72. The van der Waals surface area contributed by atoms with Crippen molar-refractivity contribution in [2.75, 3.05) is 0 Å². The van der Waals surface area contributed by atoms with Gasteiger partial charge in [-0.1, -0.05) is 19.9 Å². The number of hydrogen-bond donors (Lipinski definition) is 0. The van der Waals surface area contributed by atoms with Crippen molar-refractivity contribution >= 4 is 11.6 Å². The zero-order valence-corrected chi connectivity index (χ0v) is 8.52. The predicted octanol–water partition coefficient (Wildman–Crippen LogP) is 3.25. The van der Waals surface area contributed by atoms with E-state index in [0.29, 0.717) is 11.8 Å². The van der Waals surface area contributed by atoms with Crippen LogP contribution in [0.1, 0.15) is 36.7 Å². The predicted molar refractivity (Wildman–Crippen MR) is 52.6 cm³/mol. The Morgan fingerprint density at radius 3 is 2.50 bits per heavy atom. The second kappa shape index (κ2) is 3.90. The molecule has 0 aliphatic carbocycles. The summed E-state index contributed by atoms with van der Waals surface area (Å²) in [6.07, 6.45) is 0. The Kier molecular flexibility index (Phi) is 3.10. The number of pyridine rings is 1. The monoisotopic (exact) mass is 183 g/mol. The van der Waals surface area contributed by atoms with Gasteiger partial charge in [-0.2, -0.15) is 0 Å². The van der Waals surface area contributed by atoms with Crippen LogP contribution < -0.4 is 0 Å². The van der Waals surface area contributed by atoms with Gasteiger partial charge in [-0.3, -0.25) is 4.98 Å². The van der Waals surface area contributed by atoms with Crippen molar-refractivity contribution in [3.8, 4) is 0 Å². The summed E-state index contributed by atoms with van der Waals surface area (Å²) in [6, 6.07) is 4.11. The minimum Gasteiger partial charge on any atom is -0.258 e. The van der Waals surface area contributed by atoms with Gasteiger partial charge in [0.05, 0.1) is 0 Å². The van der Waals surface area contributed by atoms with E-state index in [1.54, 1.807) is 0 Å². The van der Waals surface area contributed by atoms with Gasteiger partial charge in [0.15, 0.2) is 0 Å². The summed E-state index contributed by atoms with van der Waals surface area (Å²) in [4.78, 5) is 4.46. The lowest BCUT2D eigenvalue weighted by molar-refractivity contribution is 0.812. The molecule has 0 aromatic carbocycles. The number of alkyl halides is 1. The fourth-order valence-electron chi connectivity index (χ4n) is 1.07. The van der Waals surface area contributed by atoms with Gasteiger partial charge in [0.1, 0.15) is 0 Å². The smallest absolute Gasteiger partial charge is 0.0492 e. The van der Waals surface area contributed by atoms with Crippen molar-refractivity contribution in [1.29, 1.82) is 0 Å². The highest BCUT2D eigenvalue weighted by molar-refractivity contribution is 6.17. The van der Waals surface area contributed by atoms with Gasteiger partial charge in [-0.05, 0) is 24.5 Å². The summed E-state index contributed by atoms with van der Waals surface area (Å²) in [7, 11) is 0. The van der Waals surface area contributed by atoms with Crippen molar-refractivity contribution in [1.82, 2.24) is 4.98 Å². The molecule has 1 heterocycles. The number of hydrogen-bond acceptors (Lipinski definition) is 1. The Balaban J connectivity index is 3.02. The van der Waals surface area contributed by atoms with E-state index >= 15 is 0 Å². The van der Waals surface area contributed by atoms with Crippen molar-refractivity contribution in [3.05, 3.63) is 29.1 Å². The van der Waals surface area contributed by atoms with Crippen LogP contribution >= 0.6 is 11.6 Å². The Labute approximate surface area is 78.8 Å². The van der Waals surface area contributed by atoms with Crippen LogP contribution in [0.5, 0.6) is 0 Å². The number of nitrogens with zero attached hydrogens (tertiary/aromatic N) is 1. The van der Waals surface area contributed by atoms with Crippen LogP contribution in [0.15, 0.2) is 12.1 Å². The standard InChI is InChI=1S/C10H14ClN/c1-7(2)10-5-4-9(6-11)8(3)12-10/h4-5,7H,6H2,1-3H3. The van der Waals surface area contributed by atoms with Crippen molar-refractivity contribution in [2.24, 2.45) is 0 Å². The summed E-state index contributed by atoms with van der Waals surface area (Å²) >= 11 is 5.72. The maximum atomic E-state index is 5.72. The van der Waals surface area contributed by atoms with E-state index in [2.05, 4.69) is 31.0 Å². The van der Waals surface area contributed by atoms with Crippen LogP contribution in [0.3, 0.4) is 0 Å². The highest BCUT2D eigenvalue weighted by atomic mass is 35.5. The van der Waals surface area contributed by atoms with Crippen LogP contribution in [-0.2, 0) is 5.88 Å². The summed E-state index contributed by atoms with van der Waals surface area (Å²) in [5, 5.41) is 0. The number of aryl methyl sites for hydroxylation is 1. The first-order chi connectivity index (χ1) is 5.65. The van der Waals surface area contributed by atoms with Crippen LogP contribution in [0, 0.1) is 6.92 Å². The van der Waals surface area contributed by atoms with Gasteiger partial charge in [0, 0.05) is 17.3 Å². The molecule has 0 radical (unpaired) electrons. The first-order valence-electron chi connectivity index (χ1n) is 4.17. The van der Waals surface area contributed by atoms with E-state index in [4.69, 9.17) is 11.6 Å². The van der Waals surface area contributed by atoms with E-state index in [-0.39, 0.29) is 0 Å². The first-order valence-corrected chi connectivity index (χ1v) is 4.71. The Morgan fingerprint density at radius 1 is 1.42 bits per heavy atom. The molecule has 1 aromatic rings. The second-order valence-corrected chi connectivity index (χ2v) is 3.54. The fourth-order valence-corrected chi connectivity index (χ4v) is 1.35. The highest BCUT2D eigenvalue weighted by Gasteiger charge is 2.03. The van der Waals surface area contributed by atoms with Gasteiger partial charge in [0.2, 0.25) is 0 Å². The van der Waals surface area contributed by atoms with Crippen LogP contribution in [0.4, 0.5) is 0 Å².